The molecule has 0 saturated carbocycles. The molecule has 1 aromatic carbocycles. The van der Waals surface area contributed by atoms with Crippen LogP contribution in [-0.4, -0.2) is 42.5 Å². The van der Waals surface area contributed by atoms with E-state index in [9.17, 15) is 13.2 Å². The van der Waals surface area contributed by atoms with Crippen LogP contribution in [0.4, 0.5) is 5.82 Å². The van der Waals surface area contributed by atoms with E-state index in [1.807, 2.05) is 30.3 Å². The number of aryl methyl sites for hydroxylation is 2. The average molecular weight is 388 g/mol. The number of nitrogens with one attached hydrogen (secondary N) is 1. The zero-order valence-corrected chi connectivity index (χ0v) is 16.3. The normalized spacial score (nSPS) is 18.2. The molecule has 1 N–H and O–H groups in total. The Balaban J connectivity index is 1.65. The van der Waals surface area contributed by atoms with Crippen LogP contribution in [0.2, 0.25) is 0 Å². The van der Waals surface area contributed by atoms with Crippen LogP contribution in [-0.2, 0) is 27.7 Å². The number of anilines is 1. The minimum absolute atomic E-state index is 0.312. The van der Waals surface area contributed by atoms with E-state index < -0.39 is 16.1 Å². The maximum atomic E-state index is 12.7. The van der Waals surface area contributed by atoms with Crippen molar-refractivity contribution in [3.63, 3.8) is 0 Å². The Morgan fingerprint density at radius 2 is 1.89 bits per heavy atom. The molecule has 7 heteroatoms. The Morgan fingerprint density at radius 3 is 2.63 bits per heavy atom. The van der Waals surface area contributed by atoms with Gasteiger partial charge in [0.15, 0.2) is 0 Å². The van der Waals surface area contributed by atoms with Crippen molar-refractivity contribution in [1.82, 2.24) is 9.29 Å². The maximum absolute atomic E-state index is 12.7. The van der Waals surface area contributed by atoms with E-state index in [2.05, 4.69) is 22.4 Å². The van der Waals surface area contributed by atoms with Crippen LogP contribution in [0.25, 0.3) is 0 Å². The summed E-state index contributed by atoms with van der Waals surface area (Å²) < 4.78 is 25.2. The van der Waals surface area contributed by atoms with Crippen LogP contribution in [0.1, 0.15) is 30.4 Å². The molecule has 0 spiro atoms. The first-order valence-corrected chi connectivity index (χ1v) is 11.0. The van der Waals surface area contributed by atoms with Crippen LogP contribution < -0.4 is 5.32 Å². The van der Waals surface area contributed by atoms with Crippen LogP contribution in [0.15, 0.2) is 48.7 Å². The summed E-state index contributed by atoms with van der Waals surface area (Å²) in [5, 5.41) is 2.80. The number of pyridine rings is 1. The van der Waals surface area contributed by atoms with Gasteiger partial charge in [0.1, 0.15) is 11.9 Å². The van der Waals surface area contributed by atoms with Gasteiger partial charge in [-0.1, -0.05) is 36.8 Å². The van der Waals surface area contributed by atoms with Gasteiger partial charge in [0.2, 0.25) is 15.9 Å². The number of benzene rings is 1. The van der Waals surface area contributed by atoms with E-state index in [0.29, 0.717) is 18.8 Å². The number of piperidine rings is 1. The minimum Gasteiger partial charge on any atom is -0.309 e. The lowest BCUT2D eigenvalue weighted by Gasteiger charge is -2.32. The number of nitrogens with zero attached hydrogens (tertiary/aromatic N) is 2. The first-order chi connectivity index (χ1) is 12.9. The van der Waals surface area contributed by atoms with Gasteiger partial charge in [-0.2, -0.15) is 4.31 Å². The van der Waals surface area contributed by atoms with Gasteiger partial charge in [-0.05, 0) is 48.9 Å². The smallest absolute Gasteiger partial charge is 0.243 e. The molecule has 1 fully saturated rings. The summed E-state index contributed by atoms with van der Waals surface area (Å²) in [4.78, 5) is 16.9. The Hall–Kier alpha value is -2.25. The molecule has 1 saturated heterocycles. The lowest BCUT2D eigenvalue weighted by Crippen LogP contribution is -2.49. The van der Waals surface area contributed by atoms with Gasteiger partial charge in [0, 0.05) is 12.7 Å². The second-order valence-corrected chi connectivity index (χ2v) is 8.84. The quantitative estimate of drug-likeness (QED) is 0.826. The number of amides is 1. The van der Waals surface area contributed by atoms with Crippen molar-refractivity contribution in [2.24, 2.45) is 0 Å². The van der Waals surface area contributed by atoms with Crippen LogP contribution in [0.3, 0.4) is 0 Å². The second kappa shape index (κ2) is 8.63. The third kappa shape index (κ3) is 5.37. The highest BCUT2D eigenvalue weighted by Crippen LogP contribution is 2.21. The highest BCUT2D eigenvalue weighted by molar-refractivity contribution is 7.88. The first kappa shape index (κ1) is 19.5. The fraction of sp³-hybridized carbons (Fsp3) is 0.400. The van der Waals surface area contributed by atoms with E-state index in [4.69, 9.17) is 0 Å². The van der Waals surface area contributed by atoms with Crippen molar-refractivity contribution in [1.29, 1.82) is 0 Å². The molecule has 144 valence electrons. The van der Waals surface area contributed by atoms with Crippen LogP contribution in [0, 0.1) is 0 Å². The van der Waals surface area contributed by atoms with Crippen molar-refractivity contribution in [3.8, 4) is 0 Å². The third-order valence-corrected chi connectivity index (χ3v) is 6.09. The van der Waals surface area contributed by atoms with Crippen LogP contribution in [0.5, 0.6) is 0 Å². The summed E-state index contributed by atoms with van der Waals surface area (Å²) in [7, 11) is -3.41. The molecule has 0 aliphatic carbocycles. The predicted molar refractivity (Wildman–Crippen MR) is 106 cm³/mol. The Morgan fingerprint density at radius 1 is 1.15 bits per heavy atom. The molecule has 0 bridgehead atoms. The minimum atomic E-state index is -3.41. The van der Waals surface area contributed by atoms with Gasteiger partial charge in [0.25, 0.3) is 0 Å². The highest BCUT2D eigenvalue weighted by Gasteiger charge is 2.34. The number of sulfonamides is 1. The molecule has 1 atom stereocenters. The summed E-state index contributed by atoms with van der Waals surface area (Å²) in [6.07, 6.45) is 6.73. The average Bonchev–Trinajstić information content (AvgIpc) is 2.67. The van der Waals surface area contributed by atoms with Crippen molar-refractivity contribution < 1.29 is 13.2 Å². The van der Waals surface area contributed by atoms with E-state index >= 15 is 0 Å². The number of aromatic nitrogens is 1. The van der Waals surface area contributed by atoms with Gasteiger partial charge in [-0.3, -0.25) is 4.79 Å². The summed E-state index contributed by atoms with van der Waals surface area (Å²) in [5.74, 6) is 0.150. The highest BCUT2D eigenvalue weighted by atomic mass is 32.2. The van der Waals surface area contributed by atoms with E-state index in [-0.39, 0.29) is 5.91 Å². The third-order valence-electron chi connectivity index (χ3n) is 4.80. The lowest BCUT2D eigenvalue weighted by molar-refractivity contribution is -0.120. The van der Waals surface area contributed by atoms with Gasteiger partial charge in [-0.15, -0.1) is 0 Å². The van der Waals surface area contributed by atoms with E-state index in [0.717, 1.165) is 37.5 Å². The number of hydrogen-bond acceptors (Lipinski definition) is 4. The molecular weight excluding hydrogens is 362 g/mol. The molecule has 0 unspecified atom stereocenters. The van der Waals surface area contributed by atoms with Gasteiger partial charge < -0.3 is 5.32 Å². The molecule has 27 heavy (non-hydrogen) atoms. The molecule has 1 aliphatic rings. The summed E-state index contributed by atoms with van der Waals surface area (Å²) in [6, 6.07) is 13.3. The largest absolute Gasteiger partial charge is 0.309 e. The molecule has 1 aliphatic heterocycles. The van der Waals surface area contributed by atoms with Gasteiger partial charge in [-0.25, -0.2) is 13.4 Å². The molecule has 1 aromatic heterocycles. The monoisotopic (exact) mass is 387 g/mol. The fourth-order valence-corrected chi connectivity index (χ4v) is 4.53. The molecule has 2 aromatic rings. The summed E-state index contributed by atoms with van der Waals surface area (Å²) in [5.41, 5.74) is 2.33. The fourth-order valence-electron chi connectivity index (χ4n) is 3.41. The Bertz CT molecular complexity index is 884. The van der Waals surface area contributed by atoms with Crippen molar-refractivity contribution in [2.45, 2.75) is 38.1 Å². The molecule has 6 nitrogen and oxygen atoms in total. The summed E-state index contributed by atoms with van der Waals surface area (Å²) >= 11 is 0. The number of rotatable bonds is 6. The van der Waals surface area contributed by atoms with Crippen molar-refractivity contribution >= 4 is 21.7 Å². The lowest BCUT2D eigenvalue weighted by atomic mass is 10.0. The zero-order chi connectivity index (χ0) is 19.3. The Labute approximate surface area is 160 Å². The van der Waals surface area contributed by atoms with Gasteiger partial charge >= 0.3 is 0 Å². The topological polar surface area (TPSA) is 79.4 Å². The zero-order valence-electron chi connectivity index (χ0n) is 15.5. The van der Waals surface area contributed by atoms with E-state index in [1.54, 1.807) is 6.20 Å². The maximum Gasteiger partial charge on any atom is 0.243 e. The van der Waals surface area contributed by atoms with Crippen molar-refractivity contribution in [2.75, 3.05) is 18.1 Å². The number of hydrogen-bond donors (Lipinski definition) is 1. The molecular formula is C20H25N3O3S. The molecule has 0 radical (unpaired) electrons. The second-order valence-electron chi connectivity index (χ2n) is 6.91. The standard InChI is InChI=1S/C20H25N3O3S/c1-27(25,26)23-14-6-5-9-18(23)20(24)22-19-15-17(12-13-21-19)11-10-16-7-3-2-4-8-16/h2-4,7-8,12-13,15,18H,5-6,9-11,14H2,1H3,(H,21,22,24)/t18-/m1/s1. The predicted octanol–water partition coefficient (Wildman–Crippen LogP) is 2.62. The SMILES string of the molecule is CS(=O)(=O)N1CCCC[C@@H]1C(=O)Nc1cc(CCc2ccccc2)ccn1. The first-order valence-electron chi connectivity index (χ1n) is 9.20. The molecule has 3 rings (SSSR count). The number of carbonyl (C=O) groups is 1. The van der Waals surface area contributed by atoms with Crippen molar-refractivity contribution in [3.05, 3.63) is 59.8 Å². The van der Waals surface area contributed by atoms with Crippen LogP contribution >= 0.6 is 0 Å². The Kier molecular flexibility index (Phi) is 6.23. The number of carbonyl (C=O) groups excluding carboxylic acids is 1. The summed E-state index contributed by atoms with van der Waals surface area (Å²) in [6.45, 7) is 0.390. The molecule has 2 heterocycles. The van der Waals surface area contributed by atoms with Gasteiger partial charge in [0.05, 0.1) is 6.26 Å². The molecule has 1 amide bonds. The van der Waals surface area contributed by atoms with E-state index in [1.165, 1.54) is 9.87 Å².